The first kappa shape index (κ1) is 16.1. The van der Waals surface area contributed by atoms with Crippen LogP contribution in [0, 0.1) is 18.8 Å². The van der Waals surface area contributed by atoms with Gasteiger partial charge in [-0.15, -0.1) is 0 Å². The van der Waals surface area contributed by atoms with Crippen molar-refractivity contribution in [3.63, 3.8) is 0 Å². The van der Waals surface area contributed by atoms with Crippen molar-refractivity contribution in [1.82, 2.24) is 24.4 Å². The topological polar surface area (TPSA) is 73.1 Å². The Labute approximate surface area is 147 Å². The van der Waals surface area contributed by atoms with Crippen LogP contribution < -0.4 is 4.74 Å². The number of hydrogen-bond donors (Lipinski definition) is 0. The smallest absolute Gasteiger partial charge is 0.316 e. The van der Waals surface area contributed by atoms with Gasteiger partial charge in [0.05, 0.1) is 25.2 Å². The summed E-state index contributed by atoms with van der Waals surface area (Å²) < 4.78 is 7.92. The number of carbonyl (C=O) groups excluding carboxylic acids is 1. The Kier molecular flexibility index (Phi) is 4.38. The Morgan fingerprint density at radius 2 is 2.20 bits per heavy atom. The zero-order valence-corrected chi connectivity index (χ0v) is 14.5. The van der Waals surface area contributed by atoms with Gasteiger partial charge in [-0.1, -0.05) is 0 Å². The number of aryl methyl sites for hydroxylation is 1. The van der Waals surface area contributed by atoms with E-state index in [1.165, 1.54) is 12.8 Å². The highest BCUT2D eigenvalue weighted by Crippen LogP contribution is 2.33. The molecule has 4 rings (SSSR count). The minimum Gasteiger partial charge on any atom is -0.463 e. The summed E-state index contributed by atoms with van der Waals surface area (Å²) in [4.78, 5) is 27.3. The highest BCUT2D eigenvalue weighted by atomic mass is 16.5. The quantitative estimate of drug-likeness (QED) is 0.829. The van der Waals surface area contributed by atoms with Crippen LogP contribution in [0.3, 0.4) is 0 Å². The number of nitrogens with zero attached hydrogens (tertiary/aromatic N) is 5. The molecule has 132 valence electrons. The third kappa shape index (κ3) is 3.97. The number of hydrogen-bond acceptors (Lipinski definition) is 5. The lowest BCUT2D eigenvalue weighted by atomic mass is 10.1. The Balaban J connectivity index is 1.45. The second-order valence-electron chi connectivity index (χ2n) is 7.12. The van der Waals surface area contributed by atoms with Gasteiger partial charge in [0.2, 0.25) is 5.91 Å². The van der Waals surface area contributed by atoms with Gasteiger partial charge in [0.25, 0.3) is 0 Å². The van der Waals surface area contributed by atoms with Gasteiger partial charge < -0.3 is 14.2 Å². The highest BCUT2D eigenvalue weighted by molar-refractivity contribution is 5.76. The fraction of sp³-hybridized carbons (Fsp3) is 0.556. The third-order valence-electron chi connectivity index (χ3n) is 4.82. The molecule has 0 saturated heterocycles. The summed E-state index contributed by atoms with van der Waals surface area (Å²) >= 11 is 0. The van der Waals surface area contributed by atoms with E-state index in [-0.39, 0.29) is 11.8 Å². The largest absolute Gasteiger partial charge is 0.463 e. The van der Waals surface area contributed by atoms with Crippen molar-refractivity contribution in [2.45, 2.75) is 39.3 Å². The first-order valence-corrected chi connectivity index (χ1v) is 8.86. The van der Waals surface area contributed by atoms with Gasteiger partial charge in [-0.25, -0.2) is 15.0 Å². The summed E-state index contributed by atoms with van der Waals surface area (Å²) in [5.74, 6) is 1.02. The van der Waals surface area contributed by atoms with Gasteiger partial charge in [0.1, 0.15) is 0 Å². The number of amides is 1. The van der Waals surface area contributed by atoms with Gasteiger partial charge in [-0.05, 0) is 31.7 Å². The molecule has 1 atom stereocenters. The number of ether oxygens (including phenoxy) is 1. The molecule has 2 aromatic heterocycles. The lowest BCUT2D eigenvalue weighted by Crippen LogP contribution is -2.36. The lowest BCUT2D eigenvalue weighted by Gasteiger charge is -2.24. The van der Waals surface area contributed by atoms with E-state index >= 15 is 0 Å². The van der Waals surface area contributed by atoms with Crippen LogP contribution in [0.1, 0.15) is 30.7 Å². The normalized spacial score (nSPS) is 20.0. The predicted molar refractivity (Wildman–Crippen MR) is 90.7 cm³/mol. The van der Waals surface area contributed by atoms with E-state index in [9.17, 15) is 4.79 Å². The maximum absolute atomic E-state index is 12.6. The minimum atomic E-state index is 0.183. The van der Waals surface area contributed by atoms with Gasteiger partial charge in [0, 0.05) is 43.5 Å². The minimum absolute atomic E-state index is 0.183. The molecule has 0 radical (unpaired) electrons. The molecule has 25 heavy (non-hydrogen) atoms. The van der Waals surface area contributed by atoms with Crippen LogP contribution in [0.5, 0.6) is 6.01 Å². The monoisotopic (exact) mass is 341 g/mol. The number of rotatable bonds is 5. The van der Waals surface area contributed by atoms with E-state index in [4.69, 9.17) is 4.74 Å². The molecule has 1 fully saturated rings. The first-order valence-electron chi connectivity index (χ1n) is 8.86. The molecule has 2 aliphatic rings. The average Bonchev–Trinajstić information content (AvgIpc) is 3.34. The van der Waals surface area contributed by atoms with Crippen molar-refractivity contribution in [3.8, 4) is 6.01 Å². The standard InChI is InChI=1S/C18H23N5O2/c1-13-4-5-20-18(21-13)25-11-15-8-22(17(24)6-14-2-3-14)10-16-7-19-12-23(16)9-15/h4-5,7,12,14-15H,2-3,6,8-11H2,1H3/t15-/m1/s1. The fourth-order valence-electron chi connectivity index (χ4n) is 3.23. The van der Waals surface area contributed by atoms with Crippen LogP contribution in [0.25, 0.3) is 0 Å². The molecular formula is C18H23N5O2. The van der Waals surface area contributed by atoms with Crippen molar-refractivity contribution < 1.29 is 9.53 Å². The molecule has 1 amide bonds. The van der Waals surface area contributed by atoms with E-state index in [1.54, 1.807) is 6.20 Å². The Morgan fingerprint density at radius 1 is 1.32 bits per heavy atom. The SMILES string of the molecule is Cc1ccnc(OC[C@@H]2CN(C(=O)CC3CC3)Cc3cncn3C2)n1. The molecule has 0 aromatic carbocycles. The van der Waals surface area contributed by atoms with Crippen molar-refractivity contribution in [2.75, 3.05) is 13.2 Å². The molecule has 2 aromatic rings. The number of imidazole rings is 1. The van der Waals surface area contributed by atoms with Crippen molar-refractivity contribution in [3.05, 3.63) is 36.2 Å². The molecule has 1 saturated carbocycles. The van der Waals surface area contributed by atoms with Crippen LogP contribution in [-0.4, -0.2) is 43.5 Å². The predicted octanol–water partition coefficient (Wildman–Crippen LogP) is 1.82. The summed E-state index contributed by atoms with van der Waals surface area (Å²) in [6.45, 7) is 4.50. The zero-order chi connectivity index (χ0) is 17.2. The number of fused-ring (bicyclic) bond motifs is 1. The molecule has 7 heteroatoms. The lowest BCUT2D eigenvalue weighted by molar-refractivity contribution is -0.132. The third-order valence-corrected chi connectivity index (χ3v) is 4.82. The molecule has 0 unspecified atom stereocenters. The molecule has 1 aliphatic carbocycles. The molecule has 3 heterocycles. The second kappa shape index (κ2) is 6.82. The second-order valence-corrected chi connectivity index (χ2v) is 7.12. The van der Waals surface area contributed by atoms with E-state index in [1.807, 2.05) is 30.4 Å². The zero-order valence-electron chi connectivity index (χ0n) is 14.5. The van der Waals surface area contributed by atoms with E-state index in [0.29, 0.717) is 38.0 Å². The van der Waals surface area contributed by atoms with Crippen molar-refractivity contribution >= 4 is 5.91 Å². The Bertz CT molecular complexity index is 755. The summed E-state index contributed by atoms with van der Waals surface area (Å²) in [5.41, 5.74) is 1.96. The highest BCUT2D eigenvalue weighted by Gasteiger charge is 2.30. The maximum Gasteiger partial charge on any atom is 0.316 e. The number of aromatic nitrogens is 4. The summed E-state index contributed by atoms with van der Waals surface area (Å²) in [7, 11) is 0. The van der Waals surface area contributed by atoms with Gasteiger partial charge in [0.15, 0.2) is 0 Å². The molecule has 0 bridgehead atoms. The number of carbonyl (C=O) groups is 1. The Morgan fingerprint density at radius 3 is 3.00 bits per heavy atom. The van der Waals surface area contributed by atoms with Crippen LogP contribution in [0.2, 0.25) is 0 Å². The van der Waals surface area contributed by atoms with Gasteiger partial charge in [-0.3, -0.25) is 4.79 Å². The Hall–Kier alpha value is -2.44. The molecule has 1 aliphatic heterocycles. The van der Waals surface area contributed by atoms with Gasteiger partial charge in [-0.2, -0.15) is 0 Å². The molecule has 7 nitrogen and oxygen atoms in total. The first-order chi connectivity index (χ1) is 12.2. The maximum atomic E-state index is 12.6. The van der Waals surface area contributed by atoms with Crippen LogP contribution in [-0.2, 0) is 17.9 Å². The summed E-state index contributed by atoms with van der Waals surface area (Å²) in [6, 6.07) is 2.24. The fourth-order valence-corrected chi connectivity index (χ4v) is 3.23. The van der Waals surface area contributed by atoms with Crippen LogP contribution >= 0.6 is 0 Å². The van der Waals surface area contributed by atoms with Crippen molar-refractivity contribution in [1.29, 1.82) is 0 Å². The van der Waals surface area contributed by atoms with Crippen molar-refractivity contribution in [2.24, 2.45) is 11.8 Å². The van der Waals surface area contributed by atoms with E-state index in [0.717, 1.165) is 17.9 Å². The molecular weight excluding hydrogens is 318 g/mol. The molecule has 0 N–H and O–H groups in total. The summed E-state index contributed by atoms with van der Waals surface area (Å²) in [6.07, 6.45) is 8.43. The summed E-state index contributed by atoms with van der Waals surface area (Å²) in [5, 5.41) is 0. The molecule has 0 spiro atoms. The van der Waals surface area contributed by atoms with Gasteiger partial charge >= 0.3 is 6.01 Å². The van der Waals surface area contributed by atoms with Crippen LogP contribution in [0.4, 0.5) is 0 Å². The average molecular weight is 341 g/mol. The van der Waals surface area contributed by atoms with E-state index in [2.05, 4.69) is 19.5 Å². The van der Waals surface area contributed by atoms with Crippen LogP contribution in [0.15, 0.2) is 24.8 Å². The van der Waals surface area contributed by atoms with E-state index < -0.39 is 0 Å².